The average molecular weight is 513 g/mol. The molecule has 0 amide bonds. The van der Waals surface area contributed by atoms with Crippen LogP contribution in [-0.2, 0) is 23.5 Å². The Morgan fingerprint density at radius 2 is 1.86 bits per heavy atom. The standard InChI is InChI=1S/C28H31F3N4O2/c1-15(18-6-5-9-22(24(18)29)28(30,31)16(2)36)32-26-21-10-23(35-11-27(12-35)13-37-14-27)19-7-4-8-20(19)25(21)33-17(3)34-26/h5-6,9-10,15-16,36H,4,7-8,11-14H2,1-3H3,(H,32,33,34)/t15-,16+/m1/s1. The van der Waals surface area contributed by atoms with Crippen LogP contribution in [0.25, 0.3) is 10.9 Å². The molecular weight excluding hydrogens is 481 g/mol. The van der Waals surface area contributed by atoms with E-state index >= 15 is 4.39 Å². The summed E-state index contributed by atoms with van der Waals surface area (Å²) in [6, 6.07) is 5.37. The van der Waals surface area contributed by atoms with Crippen molar-refractivity contribution in [2.24, 2.45) is 5.41 Å². The first-order chi connectivity index (χ1) is 17.6. The van der Waals surface area contributed by atoms with Crippen LogP contribution in [0.5, 0.6) is 0 Å². The Labute approximate surface area is 213 Å². The molecule has 2 aliphatic heterocycles. The number of aliphatic hydroxyl groups is 1. The molecule has 0 bridgehead atoms. The predicted molar refractivity (Wildman–Crippen MR) is 136 cm³/mol. The van der Waals surface area contributed by atoms with E-state index in [0.717, 1.165) is 69.5 Å². The highest BCUT2D eigenvalue weighted by Crippen LogP contribution is 2.46. The summed E-state index contributed by atoms with van der Waals surface area (Å²) in [5.74, 6) is -3.58. The molecule has 1 spiro atoms. The van der Waals surface area contributed by atoms with Crippen LogP contribution in [0, 0.1) is 18.2 Å². The molecule has 2 N–H and O–H groups in total. The number of hydrogen-bond acceptors (Lipinski definition) is 6. The van der Waals surface area contributed by atoms with Crippen LogP contribution < -0.4 is 10.2 Å². The number of aromatic nitrogens is 2. The van der Waals surface area contributed by atoms with E-state index in [1.807, 2.05) is 6.92 Å². The molecule has 2 aromatic carbocycles. The zero-order valence-corrected chi connectivity index (χ0v) is 21.2. The lowest BCUT2D eigenvalue weighted by Gasteiger charge is -2.56. The summed E-state index contributed by atoms with van der Waals surface area (Å²) in [6.07, 6.45) is 1.01. The number of fused-ring (bicyclic) bond motifs is 3. The van der Waals surface area contributed by atoms with Crippen LogP contribution >= 0.6 is 0 Å². The third-order valence-corrected chi connectivity index (χ3v) is 8.09. The van der Waals surface area contributed by atoms with Crippen molar-refractivity contribution in [3.05, 3.63) is 58.2 Å². The van der Waals surface area contributed by atoms with E-state index in [2.05, 4.69) is 21.3 Å². The molecule has 9 heteroatoms. The quantitative estimate of drug-likeness (QED) is 0.482. The smallest absolute Gasteiger partial charge is 0.301 e. The van der Waals surface area contributed by atoms with Gasteiger partial charge >= 0.3 is 5.92 Å². The highest BCUT2D eigenvalue weighted by Gasteiger charge is 2.49. The summed E-state index contributed by atoms with van der Waals surface area (Å²) < 4.78 is 49.8. The summed E-state index contributed by atoms with van der Waals surface area (Å²) >= 11 is 0. The van der Waals surface area contributed by atoms with Crippen LogP contribution in [0.1, 0.15) is 54.4 Å². The number of alkyl halides is 2. The maximum atomic E-state index is 15.3. The Bertz CT molecular complexity index is 1380. The second kappa shape index (κ2) is 8.56. The van der Waals surface area contributed by atoms with Crippen molar-refractivity contribution in [2.75, 3.05) is 36.5 Å². The molecule has 37 heavy (non-hydrogen) atoms. The molecule has 1 aromatic heterocycles. The second-order valence-electron chi connectivity index (χ2n) is 10.9. The number of ether oxygens (including phenoxy) is 1. The van der Waals surface area contributed by atoms with Crippen LogP contribution in [0.15, 0.2) is 24.3 Å². The maximum absolute atomic E-state index is 15.3. The van der Waals surface area contributed by atoms with Crippen LogP contribution in [-0.4, -0.2) is 47.5 Å². The SMILES string of the molecule is Cc1nc(N[C@H](C)c2cccc(C(F)(F)[C@H](C)O)c2F)c2cc(N3CC4(COC4)C3)c3c(c2n1)CCC3. The molecule has 6 rings (SSSR count). The van der Waals surface area contributed by atoms with Crippen LogP contribution in [0.2, 0.25) is 0 Å². The van der Waals surface area contributed by atoms with Crippen molar-refractivity contribution in [1.29, 1.82) is 0 Å². The molecule has 2 saturated heterocycles. The van der Waals surface area contributed by atoms with Gasteiger partial charge in [0.25, 0.3) is 0 Å². The van der Waals surface area contributed by atoms with Gasteiger partial charge in [-0.3, -0.25) is 0 Å². The summed E-state index contributed by atoms with van der Waals surface area (Å²) in [5.41, 5.74) is 4.22. The minimum absolute atomic E-state index is 0.0818. The molecule has 0 radical (unpaired) electrons. The minimum atomic E-state index is -3.70. The van der Waals surface area contributed by atoms with Gasteiger partial charge in [0.15, 0.2) is 0 Å². The van der Waals surface area contributed by atoms with E-state index < -0.39 is 29.4 Å². The van der Waals surface area contributed by atoms with Gasteiger partial charge in [-0.2, -0.15) is 8.78 Å². The van der Waals surface area contributed by atoms with E-state index in [0.29, 0.717) is 11.6 Å². The van der Waals surface area contributed by atoms with Crippen molar-refractivity contribution in [3.8, 4) is 0 Å². The molecule has 2 fully saturated rings. The van der Waals surface area contributed by atoms with Crippen molar-refractivity contribution in [3.63, 3.8) is 0 Å². The van der Waals surface area contributed by atoms with E-state index in [4.69, 9.17) is 9.72 Å². The van der Waals surface area contributed by atoms with Crippen molar-refractivity contribution in [1.82, 2.24) is 9.97 Å². The molecule has 0 saturated carbocycles. The molecule has 3 aromatic rings. The van der Waals surface area contributed by atoms with Gasteiger partial charge in [-0.05, 0) is 63.3 Å². The second-order valence-corrected chi connectivity index (χ2v) is 10.9. The monoisotopic (exact) mass is 512 g/mol. The number of halogens is 3. The first kappa shape index (κ1) is 24.4. The number of rotatable bonds is 6. The van der Waals surface area contributed by atoms with Gasteiger partial charge in [0.05, 0.1) is 35.8 Å². The molecule has 1 aliphatic carbocycles. The number of hydrogen-bond donors (Lipinski definition) is 2. The van der Waals surface area contributed by atoms with E-state index in [9.17, 15) is 13.9 Å². The number of anilines is 2. The Hall–Kier alpha value is -2.91. The number of nitrogens with zero attached hydrogens (tertiary/aromatic N) is 3. The van der Waals surface area contributed by atoms with Gasteiger partial charge < -0.3 is 20.1 Å². The van der Waals surface area contributed by atoms with E-state index in [1.165, 1.54) is 28.9 Å². The normalized spacial score (nSPS) is 19.9. The van der Waals surface area contributed by atoms with Gasteiger partial charge in [0, 0.05) is 29.7 Å². The third kappa shape index (κ3) is 3.85. The first-order valence-corrected chi connectivity index (χ1v) is 12.9. The van der Waals surface area contributed by atoms with E-state index in [-0.39, 0.29) is 11.0 Å². The molecule has 6 nitrogen and oxygen atoms in total. The molecule has 2 atom stereocenters. The molecule has 3 heterocycles. The average Bonchev–Trinajstić information content (AvgIpc) is 3.28. The predicted octanol–water partition coefficient (Wildman–Crippen LogP) is 5.05. The van der Waals surface area contributed by atoms with Crippen LogP contribution in [0.3, 0.4) is 0 Å². The van der Waals surface area contributed by atoms with Crippen molar-refractivity contribution in [2.45, 2.75) is 58.1 Å². The van der Waals surface area contributed by atoms with Gasteiger partial charge in [0.1, 0.15) is 23.6 Å². The summed E-state index contributed by atoms with van der Waals surface area (Å²) in [5, 5.41) is 13.7. The molecule has 196 valence electrons. The van der Waals surface area contributed by atoms with E-state index in [1.54, 1.807) is 6.92 Å². The highest BCUT2D eigenvalue weighted by molar-refractivity contribution is 5.96. The number of benzene rings is 2. The summed E-state index contributed by atoms with van der Waals surface area (Å²) in [4.78, 5) is 11.8. The van der Waals surface area contributed by atoms with Crippen molar-refractivity contribution >= 4 is 22.4 Å². The van der Waals surface area contributed by atoms with Crippen LogP contribution in [0.4, 0.5) is 24.7 Å². The summed E-state index contributed by atoms with van der Waals surface area (Å²) in [7, 11) is 0. The van der Waals surface area contributed by atoms with Gasteiger partial charge in [-0.25, -0.2) is 14.4 Å². The Balaban J connectivity index is 1.39. The number of aryl methyl sites for hydroxylation is 2. The first-order valence-electron chi connectivity index (χ1n) is 12.9. The molecule has 3 aliphatic rings. The summed E-state index contributed by atoms with van der Waals surface area (Å²) in [6.45, 7) is 8.05. The third-order valence-electron chi connectivity index (χ3n) is 8.09. The molecular formula is C28H31F3N4O2. The zero-order chi connectivity index (χ0) is 26.1. The minimum Gasteiger partial charge on any atom is -0.387 e. The zero-order valence-electron chi connectivity index (χ0n) is 21.2. The number of nitrogens with one attached hydrogen (secondary N) is 1. The largest absolute Gasteiger partial charge is 0.387 e. The highest BCUT2D eigenvalue weighted by atomic mass is 19.3. The molecule has 0 unspecified atom stereocenters. The van der Waals surface area contributed by atoms with Gasteiger partial charge in [-0.15, -0.1) is 0 Å². The lowest BCUT2D eigenvalue weighted by Crippen LogP contribution is -2.66. The Morgan fingerprint density at radius 1 is 1.14 bits per heavy atom. The Morgan fingerprint density at radius 3 is 2.54 bits per heavy atom. The lowest BCUT2D eigenvalue weighted by molar-refractivity contribution is -0.127. The fraction of sp³-hybridized carbons (Fsp3) is 0.500. The van der Waals surface area contributed by atoms with Gasteiger partial charge in [-0.1, -0.05) is 12.1 Å². The van der Waals surface area contributed by atoms with Gasteiger partial charge in [0.2, 0.25) is 0 Å². The van der Waals surface area contributed by atoms with Crippen molar-refractivity contribution < 1.29 is 23.0 Å². The maximum Gasteiger partial charge on any atom is 0.301 e. The number of aliphatic hydroxyl groups excluding tert-OH is 1. The fourth-order valence-electron chi connectivity index (χ4n) is 6.01. The fourth-order valence-corrected chi connectivity index (χ4v) is 6.01. The Kier molecular flexibility index (Phi) is 5.65. The topological polar surface area (TPSA) is 70.5 Å². The lowest BCUT2D eigenvalue weighted by atomic mass is 9.77.